The number of hydrogen-bond donors (Lipinski definition) is 1. The molecule has 134 valence electrons. The van der Waals surface area contributed by atoms with Gasteiger partial charge in [0.05, 0.1) is 11.3 Å². The van der Waals surface area contributed by atoms with Crippen LogP contribution in [0.15, 0.2) is 84.9 Å². The van der Waals surface area contributed by atoms with E-state index in [9.17, 15) is 9.59 Å². The van der Waals surface area contributed by atoms with Gasteiger partial charge in [-0.25, -0.2) is 14.5 Å². The van der Waals surface area contributed by atoms with E-state index in [2.05, 4.69) is 5.32 Å². The molecule has 6 nitrogen and oxygen atoms in total. The van der Waals surface area contributed by atoms with E-state index in [4.69, 9.17) is 9.47 Å². The average Bonchev–Trinajstić information content (AvgIpc) is 2.69. The van der Waals surface area contributed by atoms with Crippen LogP contribution in [0, 0.1) is 0 Å². The summed E-state index contributed by atoms with van der Waals surface area (Å²) < 4.78 is 11.0. The lowest BCUT2D eigenvalue weighted by Gasteiger charge is -2.35. The lowest BCUT2D eigenvalue weighted by atomic mass is 10.1. The van der Waals surface area contributed by atoms with Crippen molar-refractivity contribution in [2.75, 3.05) is 10.2 Å². The number of carbonyl (C=O) groups is 2. The van der Waals surface area contributed by atoms with Crippen molar-refractivity contribution < 1.29 is 19.1 Å². The Hall–Kier alpha value is -3.80. The second kappa shape index (κ2) is 7.21. The van der Waals surface area contributed by atoms with Crippen molar-refractivity contribution in [3.05, 3.63) is 90.5 Å². The van der Waals surface area contributed by atoms with Crippen LogP contribution in [0.3, 0.4) is 0 Å². The van der Waals surface area contributed by atoms with Crippen LogP contribution in [0.5, 0.6) is 5.75 Å². The topological polar surface area (TPSA) is 67.9 Å². The molecule has 0 bridgehead atoms. The summed E-state index contributed by atoms with van der Waals surface area (Å²) in [6, 6.07) is 24.9. The van der Waals surface area contributed by atoms with Gasteiger partial charge in [-0.15, -0.1) is 0 Å². The molecule has 0 aromatic heterocycles. The number of hydrogen-bond acceptors (Lipinski definition) is 4. The molecule has 1 aliphatic rings. The number of nitrogens with one attached hydrogen (secondary N) is 1. The van der Waals surface area contributed by atoms with Crippen molar-refractivity contribution in [2.45, 2.75) is 6.23 Å². The van der Waals surface area contributed by atoms with Crippen LogP contribution in [0.2, 0.25) is 0 Å². The molecule has 0 saturated carbocycles. The maximum Gasteiger partial charge on any atom is 0.423 e. The summed E-state index contributed by atoms with van der Waals surface area (Å²) in [5.41, 5.74) is 1.75. The van der Waals surface area contributed by atoms with Crippen molar-refractivity contribution in [1.29, 1.82) is 0 Å². The highest BCUT2D eigenvalue weighted by atomic mass is 16.6. The Morgan fingerprint density at radius 3 is 2.26 bits per heavy atom. The number of benzene rings is 3. The first kappa shape index (κ1) is 16.7. The molecule has 1 atom stereocenters. The summed E-state index contributed by atoms with van der Waals surface area (Å²) in [5.74, 6) is 0.368. The fourth-order valence-corrected chi connectivity index (χ4v) is 2.87. The van der Waals surface area contributed by atoms with Crippen molar-refractivity contribution in [3.8, 4) is 5.75 Å². The Morgan fingerprint density at radius 2 is 1.52 bits per heavy atom. The molecule has 4 rings (SSSR count). The average molecular weight is 360 g/mol. The molecule has 3 aromatic carbocycles. The first-order valence-electron chi connectivity index (χ1n) is 8.40. The van der Waals surface area contributed by atoms with Gasteiger partial charge >= 0.3 is 12.2 Å². The summed E-state index contributed by atoms with van der Waals surface area (Å²) in [4.78, 5) is 26.4. The molecule has 0 fully saturated rings. The minimum Gasteiger partial charge on any atom is -0.420 e. The zero-order chi connectivity index (χ0) is 18.6. The molecular weight excluding hydrogens is 344 g/mol. The van der Waals surface area contributed by atoms with Gasteiger partial charge in [-0.05, 0) is 36.4 Å². The van der Waals surface area contributed by atoms with E-state index in [0.717, 1.165) is 0 Å². The number of nitrogens with zero attached hydrogens (tertiary/aromatic N) is 1. The second-order valence-electron chi connectivity index (χ2n) is 5.86. The van der Waals surface area contributed by atoms with Crippen LogP contribution in [0.1, 0.15) is 11.8 Å². The van der Waals surface area contributed by atoms with Crippen LogP contribution in [0.4, 0.5) is 21.0 Å². The molecule has 0 aliphatic carbocycles. The fourth-order valence-electron chi connectivity index (χ4n) is 2.87. The maximum atomic E-state index is 12.6. The molecule has 6 heteroatoms. The van der Waals surface area contributed by atoms with Gasteiger partial charge in [0.15, 0.2) is 0 Å². The summed E-state index contributed by atoms with van der Waals surface area (Å²) in [7, 11) is 0. The lowest BCUT2D eigenvalue weighted by molar-refractivity contribution is 0.0964. The minimum atomic E-state index is -0.950. The summed E-state index contributed by atoms with van der Waals surface area (Å²) in [6.45, 7) is 0. The molecule has 1 heterocycles. The van der Waals surface area contributed by atoms with Crippen LogP contribution in [-0.4, -0.2) is 12.2 Å². The zero-order valence-electron chi connectivity index (χ0n) is 14.2. The highest BCUT2D eigenvalue weighted by Gasteiger charge is 2.38. The number of fused-ring (bicyclic) bond motifs is 1. The van der Waals surface area contributed by atoms with Gasteiger partial charge in [-0.3, -0.25) is 5.32 Å². The van der Waals surface area contributed by atoms with Crippen molar-refractivity contribution in [1.82, 2.24) is 0 Å². The fraction of sp³-hybridized carbons (Fsp3) is 0.0476. The molecule has 3 aromatic rings. The second-order valence-corrected chi connectivity index (χ2v) is 5.86. The highest BCUT2D eigenvalue weighted by Crippen LogP contribution is 2.38. The predicted octanol–water partition coefficient (Wildman–Crippen LogP) is 4.95. The SMILES string of the molecule is O=C(Nc1ccccc1)O[C@@H]1c2ccccc2OC(=O)N1c1ccccc1. The van der Waals surface area contributed by atoms with Gasteiger partial charge in [0.2, 0.25) is 6.23 Å². The smallest absolute Gasteiger partial charge is 0.420 e. The van der Waals surface area contributed by atoms with Crippen LogP contribution in [0.25, 0.3) is 0 Å². The Kier molecular flexibility index (Phi) is 4.45. The molecule has 1 N–H and O–H groups in total. The third-order valence-electron chi connectivity index (χ3n) is 4.09. The van der Waals surface area contributed by atoms with Gasteiger partial charge < -0.3 is 9.47 Å². The normalized spacial score (nSPS) is 15.5. The third kappa shape index (κ3) is 3.46. The molecule has 0 saturated heterocycles. The summed E-state index contributed by atoms with van der Waals surface area (Å²) in [5, 5.41) is 2.67. The number of carbonyl (C=O) groups excluding carboxylic acids is 2. The van der Waals surface area contributed by atoms with E-state index >= 15 is 0 Å². The van der Waals surface area contributed by atoms with Gasteiger partial charge in [0, 0.05) is 5.69 Å². The summed E-state index contributed by atoms with van der Waals surface area (Å²) in [6.07, 6.45) is -2.23. The van der Waals surface area contributed by atoms with Gasteiger partial charge in [0.1, 0.15) is 5.75 Å². The minimum absolute atomic E-state index is 0.368. The Morgan fingerprint density at radius 1 is 0.889 bits per heavy atom. The number of amides is 2. The van der Waals surface area contributed by atoms with E-state index in [0.29, 0.717) is 22.7 Å². The van der Waals surface area contributed by atoms with Crippen LogP contribution in [-0.2, 0) is 4.74 Å². The van der Waals surface area contributed by atoms with Crippen molar-refractivity contribution >= 4 is 23.6 Å². The molecule has 0 radical (unpaired) electrons. The molecule has 0 spiro atoms. The van der Waals surface area contributed by atoms with Crippen LogP contribution < -0.4 is 15.0 Å². The van der Waals surface area contributed by atoms with Crippen molar-refractivity contribution in [3.63, 3.8) is 0 Å². The van der Waals surface area contributed by atoms with Crippen LogP contribution >= 0.6 is 0 Å². The number of anilines is 2. The monoisotopic (exact) mass is 360 g/mol. The maximum absolute atomic E-state index is 12.6. The molecule has 0 unspecified atom stereocenters. The third-order valence-corrected chi connectivity index (χ3v) is 4.09. The van der Waals surface area contributed by atoms with E-state index < -0.39 is 18.4 Å². The predicted molar refractivity (Wildman–Crippen MR) is 101 cm³/mol. The van der Waals surface area contributed by atoms with Gasteiger partial charge in [0.25, 0.3) is 0 Å². The molecule has 2 amide bonds. The van der Waals surface area contributed by atoms with E-state index in [-0.39, 0.29) is 0 Å². The quantitative estimate of drug-likeness (QED) is 0.717. The van der Waals surface area contributed by atoms with E-state index in [1.54, 1.807) is 72.8 Å². The summed E-state index contributed by atoms with van der Waals surface area (Å²) >= 11 is 0. The number of rotatable bonds is 3. The molecule has 27 heavy (non-hydrogen) atoms. The van der Waals surface area contributed by atoms with E-state index in [1.807, 2.05) is 12.1 Å². The Labute approximate surface area is 155 Å². The first-order valence-corrected chi connectivity index (χ1v) is 8.40. The number of para-hydroxylation sites is 3. The van der Waals surface area contributed by atoms with Crippen molar-refractivity contribution in [2.24, 2.45) is 0 Å². The van der Waals surface area contributed by atoms with Gasteiger partial charge in [-0.1, -0.05) is 48.5 Å². The van der Waals surface area contributed by atoms with E-state index in [1.165, 1.54) is 4.90 Å². The van der Waals surface area contributed by atoms with Gasteiger partial charge in [-0.2, -0.15) is 0 Å². The molecule has 1 aliphatic heterocycles. The Balaban J connectivity index is 1.67. The number of ether oxygens (including phenoxy) is 2. The zero-order valence-corrected chi connectivity index (χ0v) is 14.2. The molecular formula is C21H16N2O4. The Bertz CT molecular complexity index is 960. The highest BCUT2D eigenvalue weighted by molar-refractivity contribution is 5.93. The largest absolute Gasteiger partial charge is 0.423 e. The first-order chi connectivity index (χ1) is 13.2. The lowest BCUT2D eigenvalue weighted by Crippen LogP contribution is -2.43. The standard InChI is InChI=1S/C21H16N2O4/c24-20(22-15-9-3-1-4-10-15)27-19-17-13-7-8-14-18(17)26-21(25)23(19)16-11-5-2-6-12-16/h1-14,19H,(H,22,24)/t19-/m1/s1.